The minimum Gasteiger partial charge on any atom is -0.355 e. The van der Waals surface area contributed by atoms with Crippen LogP contribution in [-0.2, 0) is 21.1 Å². The number of hydrogen-bond acceptors (Lipinski definition) is 2. The maximum absolute atomic E-state index is 12.4. The Kier molecular flexibility index (Phi) is 3.99. The van der Waals surface area contributed by atoms with Gasteiger partial charge in [0.05, 0.1) is 11.4 Å². The lowest BCUT2D eigenvalue weighted by molar-refractivity contribution is 0.101. The lowest BCUT2D eigenvalue weighted by Gasteiger charge is -2.03. The Morgan fingerprint density at radius 3 is 2.17 bits per heavy atom. The van der Waals surface area contributed by atoms with E-state index in [1.54, 1.807) is 53.8 Å². The van der Waals surface area contributed by atoms with Crippen LogP contribution in [-0.4, -0.2) is 25.5 Å². The highest BCUT2D eigenvalue weighted by Crippen LogP contribution is 2.16. The van der Waals surface area contributed by atoms with Crippen LogP contribution in [0.1, 0.15) is 21.0 Å². The van der Waals surface area contributed by atoms with E-state index in [-0.39, 0.29) is 11.8 Å². The number of rotatable bonds is 4. The minimum atomic E-state index is -0.233. The van der Waals surface area contributed by atoms with Gasteiger partial charge in [0.15, 0.2) is 0 Å². The fourth-order valence-corrected chi connectivity index (χ4v) is 2.52. The van der Waals surface area contributed by atoms with Crippen molar-refractivity contribution >= 4 is 23.2 Å². The highest BCUT2D eigenvalue weighted by molar-refractivity contribution is 6.06. The molecule has 3 rings (SSSR count). The first-order chi connectivity index (χ1) is 11.4. The van der Waals surface area contributed by atoms with Crippen molar-refractivity contribution in [3.05, 3.63) is 60.4 Å². The van der Waals surface area contributed by atoms with Gasteiger partial charge in [-0.2, -0.15) is 0 Å². The number of nitrogens with zero attached hydrogens (tertiary/aromatic N) is 3. The van der Waals surface area contributed by atoms with Gasteiger partial charge in [-0.3, -0.25) is 9.59 Å². The normalized spacial score (nSPS) is 10.6. The molecule has 0 aromatic carbocycles. The third-order valence-electron chi connectivity index (χ3n) is 3.76. The number of carbonyl (C=O) groups is 2. The first-order valence-corrected chi connectivity index (χ1v) is 7.46. The summed E-state index contributed by atoms with van der Waals surface area (Å²) in [6, 6.07) is 7.01. The zero-order valence-electron chi connectivity index (χ0n) is 13.8. The average molecular weight is 325 g/mol. The smallest absolute Gasteiger partial charge is 0.272 e. The zero-order chi connectivity index (χ0) is 17.3. The maximum atomic E-state index is 12.4. The molecule has 124 valence electrons. The fraction of sp³-hybridized carbons (Fsp3) is 0.176. The van der Waals surface area contributed by atoms with E-state index in [1.807, 2.05) is 30.1 Å². The standard InChI is InChI=1S/C17H19N5O2/c1-20-8-6-12(10-20)18-17(24)15-9-13(11-22(15)3)19-16(23)14-5-4-7-21(14)2/h4-11H,1-3H3,(H,18,24)(H,19,23). The first kappa shape index (κ1) is 15.7. The Labute approximate surface area is 139 Å². The minimum absolute atomic E-state index is 0.219. The molecule has 2 N–H and O–H groups in total. The second-order valence-electron chi connectivity index (χ2n) is 5.70. The van der Waals surface area contributed by atoms with Gasteiger partial charge >= 0.3 is 0 Å². The lowest BCUT2D eigenvalue weighted by atomic mass is 10.3. The number of aromatic nitrogens is 3. The zero-order valence-corrected chi connectivity index (χ0v) is 13.8. The van der Waals surface area contributed by atoms with Gasteiger partial charge in [-0.1, -0.05) is 0 Å². The van der Waals surface area contributed by atoms with E-state index in [0.29, 0.717) is 17.1 Å². The molecule has 7 heteroatoms. The summed E-state index contributed by atoms with van der Waals surface area (Å²) in [6.45, 7) is 0. The van der Waals surface area contributed by atoms with Crippen molar-refractivity contribution in [2.45, 2.75) is 0 Å². The largest absolute Gasteiger partial charge is 0.355 e. The highest BCUT2D eigenvalue weighted by Gasteiger charge is 2.15. The van der Waals surface area contributed by atoms with Crippen LogP contribution in [0.4, 0.5) is 11.4 Å². The summed E-state index contributed by atoms with van der Waals surface area (Å²) in [5.41, 5.74) is 2.30. The summed E-state index contributed by atoms with van der Waals surface area (Å²) in [6.07, 6.45) is 7.18. The molecule has 24 heavy (non-hydrogen) atoms. The number of nitrogens with one attached hydrogen (secondary N) is 2. The van der Waals surface area contributed by atoms with Gasteiger partial charge in [0.1, 0.15) is 11.4 Å². The highest BCUT2D eigenvalue weighted by atomic mass is 16.2. The summed E-state index contributed by atoms with van der Waals surface area (Å²) < 4.78 is 5.27. The number of hydrogen-bond donors (Lipinski definition) is 2. The Hall–Kier alpha value is -3.22. The predicted molar refractivity (Wildman–Crippen MR) is 92.1 cm³/mol. The molecule has 0 aliphatic carbocycles. The SMILES string of the molecule is Cn1ccc(NC(=O)c2cc(NC(=O)c3cccn3C)cn2C)c1. The van der Waals surface area contributed by atoms with Crippen LogP contribution in [0.15, 0.2) is 49.1 Å². The van der Waals surface area contributed by atoms with Crippen molar-refractivity contribution in [1.29, 1.82) is 0 Å². The van der Waals surface area contributed by atoms with E-state index in [2.05, 4.69) is 10.6 Å². The third kappa shape index (κ3) is 3.10. The molecular formula is C17H19N5O2. The number of carbonyl (C=O) groups excluding carboxylic acids is 2. The van der Waals surface area contributed by atoms with Crippen LogP contribution >= 0.6 is 0 Å². The average Bonchev–Trinajstić information content (AvgIpc) is 3.20. The Morgan fingerprint density at radius 1 is 0.833 bits per heavy atom. The molecule has 0 saturated heterocycles. The summed E-state index contributed by atoms with van der Waals surface area (Å²) in [7, 11) is 5.45. The van der Waals surface area contributed by atoms with Crippen LogP contribution in [0, 0.1) is 0 Å². The maximum Gasteiger partial charge on any atom is 0.272 e. The van der Waals surface area contributed by atoms with Gasteiger partial charge in [0.2, 0.25) is 0 Å². The molecule has 0 radical (unpaired) electrons. The second kappa shape index (κ2) is 6.11. The molecule has 0 unspecified atom stereocenters. The molecule has 0 aliphatic rings. The second-order valence-corrected chi connectivity index (χ2v) is 5.70. The van der Waals surface area contributed by atoms with Gasteiger partial charge in [-0.25, -0.2) is 0 Å². The van der Waals surface area contributed by atoms with Crippen molar-refractivity contribution in [3.63, 3.8) is 0 Å². The topological polar surface area (TPSA) is 73.0 Å². The van der Waals surface area contributed by atoms with Gasteiger partial charge in [-0.15, -0.1) is 0 Å². The number of anilines is 2. The van der Waals surface area contributed by atoms with Crippen molar-refractivity contribution in [2.24, 2.45) is 21.1 Å². The quantitative estimate of drug-likeness (QED) is 0.772. The molecule has 0 aliphatic heterocycles. The monoisotopic (exact) mass is 325 g/mol. The van der Waals surface area contributed by atoms with Crippen molar-refractivity contribution in [2.75, 3.05) is 10.6 Å². The Balaban J connectivity index is 1.74. The summed E-state index contributed by atoms with van der Waals surface area (Å²) >= 11 is 0. The Morgan fingerprint density at radius 2 is 1.54 bits per heavy atom. The summed E-state index contributed by atoms with van der Waals surface area (Å²) in [4.78, 5) is 24.6. The van der Waals surface area contributed by atoms with Crippen LogP contribution in [0.2, 0.25) is 0 Å². The molecule has 0 spiro atoms. The lowest BCUT2D eigenvalue weighted by Crippen LogP contribution is -2.15. The van der Waals surface area contributed by atoms with E-state index in [1.165, 1.54) is 0 Å². The van der Waals surface area contributed by atoms with E-state index in [4.69, 9.17) is 0 Å². The molecule has 0 fully saturated rings. The van der Waals surface area contributed by atoms with Gasteiger partial charge in [-0.05, 0) is 24.3 Å². The van der Waals surface area contributed by atoms with E-state index >= 15 is 0 Å². The van der Waals surface area contributed by atoms with Crippen molar-refractivity contribution in [1.82, 2.24) is 13.7 Å². The molecule has 0 atom stereocenters. The van der Waals surface area contributed by atoms with Crippen LogP contribution in [0.5, 0.6) is 0 Å². The van der Waals surface area contributed by atoms with E-state index < -0.39 is 0 Å². The van der Waals surface area contributed by atoms with Gasteiger partial charge < -0.3 is 24.3 Å². The van der Waals surface area contributed by atoms with Crippen LogP contribution in [0.3, 0.4) is 0 Å². The molecule has 3 heterocycles. The molecular weight excluding hydrogens is 306 g/mol. The first-order valence-electron chi connectivity index (χ1n) is 7.46. The molecule has 2 amide bonds. The van der Waals surface area contributed by atoms with Gasteiger partial charge in [0, 0.05) is 45.9 Å². The summed E-state index contributed by atoms with van der Waals surface area (Å²) in [5, 5.41) is 5.63. The molecule has 7 nitrogen and oxygen atoms in total. The van der Waals surface area contributed by atoms with Crippen molar-refractivity contribution in [3.8, 4) is 0 Å². The fourth-order valence-electron chi connectivity index (χ4n) is 2.52. The van der Waals surface area contributed by atoms with Crippen LogP contribution < -0.4 is 10.6 Å². The molecule has 3 aromatic heterocycles. The van der Waals surface area contributed by atoms with Crippen molar-refractivity contribution < 1.29 is 9.59 Å². The molecule has 0 bridgehead atoms. The predicted octanol–water partition coefficient (Wildman–Crippen LogP) is 2.21. The van der Waals surface area contributed by atoms with Crippen LogP contribution in [0.25, 0.3) is 0 Å². The number of amides is 2. The molecule has 3 aromatic rings. The molecule has 0 saturated carbocycles. The van der Waals surface area contributed by atoms with E-state index in [9.17, 15) is 9.59 Å². The summed E-state index contributed by atoms with van der Waals surface area (Å²) in [5.74, 6) is -0.453. The van der Waals surface area contributed by atoms with Gasteiger partial charge in [0.25, 0.3) is 11.8 Å². The Bertz CT molecular complexity index is 900. The van der Waals surface area contributed by atoms with E-state index in [0.717, 1.165) is 5.69 Å². The number of aryl methyl sites for hydroxylation is 3. The third-order valence-corrected chi connectivity index (χ3v) is 3.76.